The molecule has 0 unspecified atom stereocenters. The van der Waals surface area contributed by atoms with E-state index in [9.17, 15) is 9.59 Å². The predicted octanol–water partition coefficient (Wildman–Crippen LogP) is 2.21. The highest BCUT2D eigenvalue weighted by Gasteiger charge is 2.35. The molecule has 7 heteroatoms. The Morgan fingerprint density at radius 1 is 1.28 bits per heavy atom. The molecular weight excluding hydrogens is 320 g/mol. The minimum absolute atomic E-state index is 0.0301. The second kappa shape index (κ2) is 6.31. The first kappa shape index (κ1) is 15.8. The van der Waals surface area contributed by atoms with Crippen molar-refractivity contribution < 1.29 is 14.1 Å². The topological polar surface area (TPSA) is 88.3 Å². The van der Waals surface area contributed by atoms with E-state index in [4.69, 9.17) is 4.52 Å². The monoisotopic (exact) mass is 340 g/mol. The quantitative estimate of drug-likeness (QED) is 0.905. The third-order valence-corrected chi connectivity index (χ3v) is 5.00. The normalized spacial score (nSPS) is 20.9. The molecule has 1 fully saturated rings. The molecule has 130 valence electrons. The highest BCUT2D eigenvalue weighted by atomic mass is 16.5. The lowest BCUT2D eigenvalue weighted by Gasteiger charge is -2.34. The third-order valence-electron chi connectivity index (χ3n) is 5.00. The number of hydrogen-bond acceptors (Lipinski definition) is 5. The molecule has 25 heavy (non-hydrogen) atoms. The van der Waals surface area contributed by atoms with Crippen LogP contribution in [0, 0.1) is 6.92 Å². The van der Waals surface area contributed by atoms with Gasteiger partial charge >= 0.3 is 0 Å². The van der Waals surface area contributed by atoms with Crippen molar-refractivity contribution in [3.8, 4) is 0 Å². The second-order valence-corrected chi connectivity index (χ2v) is 6.67. The molecule has 0 bridgehead atoms. The van der Waals surface area contributed by atoms with Crippen molar-refractivity contribution in [1.82, 2.24) is 15.0 Å². The van der Waals surface area contributed by atoms with Crippen molar-refractivity contribution in [2.24, 2.45) is 0 Å². The number of carbonyl (C=O) groups excluding carboxylic acids is 2. The maximum atomic E-state index is 13.0. The fourth-order valence-corrected chi connectivity index (χ4v) is 3.68. The van der Waals surface area contributed by atoms with Crippen LogP contribution in [0.25, 0.3) is 0 Å². The van der Waals surface area contributed by atoms with Gasteiger partial charge in [0.1, 0.15) is 0 Å². The number of likely N-dealkylation sites (tertiary alicyclic amines) is 1. The highest BCUT2D eigenvalue weighted by molar-refractivity contribution is 6.01. The first-order valence-electron chi connectivity index (χ1n) is 8.59. The molecule has 1 atom stereocenters. The number of para-hydroxylation sites is 1. The second-order valence-electron chi connectivity index (χ2n) is 6.67. The number of carbonyl (C=O) groups is 2. The largest absolute Gasteiger partial charge is 0.342 e. The summed E-state index contributed by atoms with van der Waals surface area (Å²) in [5.74, 6) is 1.03. The van der Waals surface area contributed by atoms with Gasteiger partial charge < -0.3 is 14.7 Å². The van der Waals surface area contributed by atoms with Gasteiger partial charge in [-0.3, -0.25) is 9.59 Å². The molecule has 3 heterocycles. The molecule has 4 rings (SSSR count). The summed E-state index contributed by atoms with van der Waals surface area (Å²) in [5.41, 5.74) is 1.65. The van der Waals surface area contributed by atoms with E-state index in [0.717, 1.165) is 24.1 Å². The highest BCUT2D eigenvalue weighted by Crippen LogP contribution is 2.35. The smallest absolute Gasteiger partial charge is 0.230 e. The molecule has 1 saturated heterocycles. The summed E-state index contributed by atoms with van der Waals surface area (Å²) in [7, 11) is 0. The Hall–Kier alpha value is -2.70. The molecule has 1 aromatic heterocycles. The lowest BCUT2D eigenvalue weighted by atomic mass is 9.88. The summed E-state index contributed by atoms with van der Waals surface area (Å²) in [5, 5.41) is 6.68. The van der Waals surface area contributed by atoms with Crippen LogP contribution >= 0.6 is 0 Å². The van der Waals surface area contributed by atoms with Crippen LogP contribution in [0.2, 0.25) is 0 Å². The molecule has 2 aliphatic heterocycles. The van der Waals surface area contributed by atoms with Gasteiger partial charge in [-0.25, -0.2) is 0 Å². The van der Waals surface area contributed by atoms with Gasteiger partial charge in [0.15, 0.2) is 5.82 Å². The van der Waals surface area contributed by atoms with Crippen LogP contribution < -0.4 is 5.32 Å². The predicted molar refractivity (Wildman–Crippen MR) is 90.0 cm³/mol. The number of hydrogen-bond donors (Lipinski definition) is 1. The van der Waals surface area contributed by atoms with Crippen molar-refractivity contribution >= 4 is 17.5 Å². The maximum absolute atomic E-state index is 13.0. The van der Waals surface area contributed by atoms with E-state index >= 15 is 0 Å². The van der Waals surface area contributed by atoms with Crippen molar-refractivity contribution in [2.45, 2.75) is 38.0 Å². The Kier molecular flexibility index (Phi) is 3.99. The van der Waals surface area contributed by atoms with Gasteiger partial charge in [-0.1, -0.05) is 23.4 Å². The van der Waals surface area contributed by atoms with Gasteiger partial charge in [0.05, 0.1) is 5.92 Å². The van der Waals surface area contributed by atoms with E-state index in [-0.39, 0.29) is 24.2 Å². The number of piperidine rings is 1. The van der Waals surface area contributed by atoms with Crippen LogP contribution in [-0.4, -0.2) is 39.9 Å². The zero-order chi connectivity index (χ0) is 17.4. The van der Waals surface area contributed by atoms with Gasteiger partial charge in [-0.05, 0) is 31.4 Å². The average molecular weight is 340 g/mol. The molecule has 0 saturated carbocycles. The molecule has 7 nitrogen and oxygen atoms in total. The van der Waals surface area contributed by atoms with E-state index in [2.05, 4.69) is 15.5 Å². The van der Waals surface area contributed by atoms with E-state index in [0.29, 0.717) is 24.8 Å². The average Bonchev–Trinajstić information content (AvgIpc) is 3.07. The number of anilines is 1. The number of rotatable bonds is 2. The summed E-state index contributed by atoms with van der Waals surface area (Å²) in [4.78, 5) is 31.1. The third kappa shape index (κ3) is 3.01. The summed E-state index contributed by atoms with van der Waals surface area (Å²) >= 11 is 0. The molecule has 2 aliphatic rings. The minimum Gasteiger partial charge on any atom is -0.342 e. The molecule has 0 spiro atoms. The zero-order valence-electron chi connectivity index (χ0n) is 14.1. The molecule has 2 aromatic rings. The maximum Gasteiger partial charge on any atom is 0.230 e. The van der Waals surface area contributed by atoms with Gasteiger partial charge in [-0.15, -0.1) is 0 Å². The molecular formula is C18H20N4O3. The number of fused-ring (bicyclic) bond motifs is 1. The Bertz CT molecular complexity index is 808. The number of aromatic nitrogens is 2. The van der Waals surface area contributed by atoms with Crippen molar-refractivity contribution in [3.63, 3.8) is 0 Å². The van der Waals surface area contributed by atoms with Gasteiger partial charge in [0.25, 0.3) is 0 Å². The molecule has 0 aliphatic carbocycles. The van der Waals surface area contributed by atoms with Gasteiger partial charge in [0.2, 0.25) is 17.7 Å². The lowest BCUT2D eigenvalue weighted by molar-refractivity contribution is -0.136. The fraction of sp³-hybridized carbons (Fsp3) is 0.444. The SMILES string of the molecule is Cc1noc(C2CCN(C(=O)[C@H]3CC(=O)Nc4ccccc43)CC2)n1. The fourth-order valence-electron chi connectivity index (χ4n) is 3.68. The number of nitrogens with zero attached hydrogens (tertiary/aromatic N) is 3. The van der Waals surface area contributed by atoms with Crippen molar-refractivity contribution in [2.75, 3.05) is 18.4 Å². The van der Waals surface area contributed by atoms with Crippen molar-refractivity contribution in [1.29, 1.82) is 0 Å². The van der Waals surface area contributed by atoms with E-state index in [1.165, 1.54) is 0 Å². The van der Waals surface area contributed by atoms with E-state index in [1.54, 1.807) is 6.92 Å². The number of amides is 2. The van der Waals surface area contributed by atoms with Crippen LogP contribution in [0.15, 0.2) is 28.8 Å². The van der Waals surface area contributed by atoms with E-state index in [1.807, 2.05) is 29.2 Å². The summed E-state index contributed by atoms with van der Waals surface area (Å²) in [6, 6.07) is 7.53. The van der Waals surface area contributed by atoms with Gasteiger partial charge in [0, 0.05) is 31.1 Å². The summed E-state index contributed by atoms with van der Waals surface area (Å²) in [6.45, 7) is 3.09. The van der Waals surface area contributed by atoms with Crippen LogP contribution in [0.3, 0.4) is 0 Å². The molecule has 1 aromatic carbocycles. The summed E-state index contributed by atoms with van der Waals surface area (Å²) < 4.78 is 5.26. The summed E-state index contributed by atoms with van der Waals surface area (Å²) in [6.07, 6.45) is 1.81. The Labute approximate surface area is 145 Å². The zero-order valence-corrected chi connectivity index (χ0v) is 14.1. The first-order chi connectivity index (χ1) is 12.1. The van der Waals surface area contributed by atoms with Crippen LogP contribution in [0.4, 0.5) is 5.69 Å². The van der Waals surface area contributed by atoms with Crippen LogP contribution in [0.5, 0.6) is 0 Å². The standard InChI is InChI=1S/C18H20N4O3/c1-11-19-17(25-21-11)12-6-8-22(9-7-12)18(24)14-10-16(23)20-15-5-3-2-4-13(14)15/h2-5,12,14H,6-10H2,1H3,(H,20,23)/t14-/m0/s1. The van der Waals surface area contributed by atoms with E-state index < -0.39 is 5.92 Å². The minimum atomic E-state index is -0.396. The first-order valence-corrected chi connectivity index (χ1v) is 8.59. The molecule has 0 radical (unpaired) electrons. The Morgan fingerprint density at radius 3 is 2.76 bits per heavy atom. The number of nitrogens with one attached hydrogen (secondary N) is 1. The number of aryl methyl sites for hydroxylation is 1. The lowest BCUT2D eigenvalue weighted by Crippen LogP contribution is -2.42. The molecule has 2 amide bonds. The Balaban J connectivity index is 1.47. The van der Waals surface area contributed by atoms with Crippen molar-refractivity contribution in [3.05, 3.63) is 41.5 Å². The Morgan fingerprint density at radius 2 is 2.04 bits per heavy atom. The number of benzene rings is 1. The van der Waals surface area contributed by atoms with Gasteiger partial charge in [-0.2, -0.15) is 4.98 Å². The molecule has 1 N–H and O–H groups in total. The van der Waals surface area contributed by atoms with Crippen LogP contribution in [-0.2, 0) is 9.59 Å². The van der Waals surface area contributed by atoms with Crippen LogP contribution in [0.1, 0.15) is 48.4 Å².